The van der Waals surface area contributed by atoms with Crippen LogP contribution in [0.4, 0.5) is 18.9 Å². The van der Waals surface area contributed by atoms with Crippen molar-refractivity contribution >= 4 is 5.69 Å². The Morgan fingerprint density at radius 3 is 2.64 bits per heavy atom. The molecular formula is C8H10F3N3. The zero-order valence-electron chi connectivity index (χ0n) is 7.38. The van der Waals surface area contributed by atoms with E-state index >= 15 is 0 Å². The van der Waals surface area contributed by atoms with Crippen molar-refractivity contribution in [3.8, 4) is 0 Å². The number of hydrogen-bond donors (Lipinski definition) is 1. The molecule has 0 unspecified atom stereocenters. The van der Waals surface area contributed by atoms with Crippen molar-refractivity contribution in [3.63, 3.8) is 0 Å². The van der Waals surface area contributed by atoms with E-state index in [4.69, 9.17) is 5.73 Å². The quantitative estimate of drug-likeness (QED) is 0.801. The molecule has 2 N–H and O–H groups in total. The molecule has 2 rings (SSSR count). The standard InChI is InChI=1S/C8H10F3N3/c9-8(10,11)4-14-3-6(12)7(13-14)5-1-2-5/h3,5H,1-2,4,12H2. The topological polar surface area (TPSA) is 43.8 Å². The van der Waals surface area contributed by atoms with Gasteiger partial charge in [-0.3, -0.25) is 4.68 Å². The zero-order chi connectivity index (χ0) is 10.3. The van der Waals surface area contributed by atoms with Gasteiger partial charge in [0.05, 0.1) is 11.4 Å². The fraction of sp³-hybridized carbons (Fsp3) is 0.625. The lowest BCUT2D eigenvalue weighted by atomic mass is 10.3. The molecule has 0 atom stereocenters. The van der Waals surface area contributed by atoms with Crippen LogP contribution in [0.2, 0.25) is 0 Å². The predicted octanol–water partition coefficient (Wildman–Crippen LogP) is 1.91. The van der Waals surface area contributed by atoms with E-state index in [1.807, 2.05) is 0 Å². The fourth-order valence-corrected chi connectivity index (χ4v) is 1.39. The summed E-state index contributed by atoms with van der Waals surface area (Å²) in [6, 6.07) is 0. The highest BCUT2D eigenvalue weighted by molar-refractivity contribution is 5.44. The van der Waals surface area contributed by atoms with Crippen LogP contribution in [0.15, 0.2) is 6.20 Å². The number of nitrogens with zero attached hydrogens (tertiary/aromatic N) is 2. The summed E-state index contributed by atoms with van der Waals surface area (Å²) in [5.41, 5.74) is 6.54. The van der Waals surface area contributed by atoms with E-state index in [2.05, 4.69) is 5.10 Å². The highest BCUT2D eigenvalue weighted by Gasteiger charge is 2.32. The third kappa shape index (κ3) is 2.00. The lowest BCUT2D eigenvalue weighted by Gasteiger charge is -2.04. The van der Waals surface area contributed by atoms with E-state index < -0.39 is 12.7 Å². The molecule has 6 heteroatoms. The molecular weight excluding hydrogens is 195 g/mol. The van der Waals surface area contributed by atoms with Crippen LogP contribution in [-0.4, -0.2) is 16.0 Å². The van der Waals surface area contributed by atoms with Crippen LogP contribution in [-0.2, 0) is 6.54 Å². The van der Waals surface area contributed by atoms with Gasteiger partial charge in [-0.15, -0.1) is 0 Å². The lowest BCUT2D eigenvalue weighted by molar-refractivity contribution is -0.142. The van der Waals surface area contributed by atoms with Crippen LogP contribution >= 0.6 is 0 Å². The minimum absolute atomic E-state index is 0.282. The highest BCUT2D eigenvalue weighted by atomic mass is 19.4. The van der Waals surface area contributed by atoms with Crippen LogP contribution < -0.4 is 5.73 Å². The van der Waals surface area contributed by atoms with Crippen molar-refractivity contribution < 1.29 is 13.2 Å². The first kappa shape index (κ1) is 9.36. The number of hydrogen-bond acceptors (Lipinski definition) is 2. The summed E-state index contributed by atoms with van der Waals surface area (Å²) >= 11 is 0. The average molecular weight is 205 g/mol. The van der Waals surface area contributed by atoms with Crippen molar-refractivity contribution in [3.05, 3.63) is 11.9 Å². The Labute approximate surface area is 78.7 Å². The van der Waals surface area contributed by atoms with Crippen LogP contribution in [0.3, 0.4) is 0 Å². The molecule has 0 amide bonds. The van der Waals surface area contributed by atoms with E-state index in [0.29, 0.717) is 11.4 Å². The maximum atomic E-state index is 12.0. The van der Waals surface area contributed by atoms with E-state index in [1.165, 1.54) is 6.20 Å². The lowest BCUT2D eigenvalue weighted by Crippen LogP contribution is -2.18. The van der Waals surface area contributed by atoms with Gasteiger partial charge in [0, 0.05) is 12.1 Å². The average Bonchev–Trinajstić information content (AvgIpc) is 2.75. The van der Waals surface area contributed by atoms with Gasteiger partial charge in [0.2, 0.25) is 0 Å². The van der Waals surface area contributed by atoms with Gasteiger partial charge in [0.15, 0.2) is 0 Å². The minimum atomic E-state index is -4.24. The number of halogens is 3. The predicted molar refractivity (Wildman–Crippen MR) is 44.7 cm³/mol. The summed E-state index contributed by atoms with van der Waals surface area (Å²) in [6.07, 6.45) is -1.03. The summed E-state index contributed by atoms with van der Waals surface area (Å²) < 4.78 is 36.9. The number of alkyl halides is 3. The zero-order valence-corrected chi connectivity index (χ0v) is 7.38. The second-order valence-electron chi connectivity index (χ2n) is 3.56. The molecule has 1 aliphatic rings. The Bertz CT molecular complexity index is 338. The maximum Gasteiger partial charge on any atom is 0.408 e. The largest absolute Gasteiger partial charge is 0.408 e. The third-order valence-electron chi connectivity index (χ3n) is 2.13. The number of anilines is 1. The highest BCUT2D eigenvalue weighted by Crippen LogP contribution is 2.41. The number of nitrogen functional groups attached to an aromatic ring is 1. The van der Waals surface area contributed by atoms with Gasteiger partial charge in [-0.05, 0) is 12.8 Å². The number of rotatable bonds is 2. The molecule has 1 aliphatic carbocycles. The molecule has 14 heavy (non-hydrogen) atoms. The van der Waals surface area contributed by atoms with E-state index in [1.54, 1.807) is 0 Å². The van der Waals surface area contributed by atoms with Crippen LogP contribution in [0.1, 0.15) is 24.5 Å². The van der Waals surface area contributed by atoms with Gasteiger partial charge in [0.1, 0.15) is 6.54 Å². The Balaban J connectivity index is 2.15. The van der Waals surface area contributed by atoms with E-state index in [-0.39, 0.29) is 5.92 Å². The van der Waals surface area contributed by atoms with Crippen molar-refractivity contribution in [1.82, 2.24) is 9.78 Å². The van der Waals surface area contributed by atoms with Crippen LogP contribution in [0.5, 0.6) is 0 Å². The Kier molecular flexibility index (Phi) is 1.94. The summed E-state index contributed by atoms with van der Waals surface area (Å²) in [6.45, 7) is -1.07. The second-order valence-corrected chi connectivity index (χ2v) is 3.56. The van der Waals surface area contributed by atoms with Crippen LogP contribution in [0, 0.1) is 0 Å². The van der Waals surface area contributed by atoms with Gasteiger partial charge >= 0.3 is 6.18 Å². The summed E-state index contributed by atoms with van der Waals surface area (Å²) in [5, 5.41) is 3.83. The normalized spacial score (nSPS) is 17.4. The van der Waals surface area contributed by atoms with Crippen LogP contribution in [0.25, 0.3) is 0 Å². The maximum absolute atomic E-state index is 12.0. The molecule has 1 aromatic rings. The monoisotopic (exact) mass is 205 g/mol. The minimum Gasteiger partial charge on any atom is -0.396 e. The van der Waals surface area contributed by atoms with Crippen molar-refractivity contribution in [2.45, 2.75) is 31.5 Å². The molecule has 0 radical (unpaired) electrons. The molecule has 3 nitrogen and oxygen atoms in total. The molecule has 0 aliphatic heterocycles. The summed E-state index contributed by atoms with van der Waals surface area (Å²) in [7, 11) is 0. The SMILES string of the molecule is Nc1cn(CC(F)(F)F)nc1C1CC1. The smallest absolute Gasteiger partial charge is 0.396 e. The number of nitrogens with two attached hydrogens (primary N) is 1. The molecule has 0 bridgehead atoms. The molecule has 0 saturated heterocycles. The molecule has 1 heterocycles. The second kappa shape index (κ2) is 2.90. The van der Waals surface area contributed by atoms with E-state index in [0.717, 1.165) is 17.5 Å². The van der Waals surface area contributed by atoms with Gasteiger partial charge < -0.3 is 5.73 Å². The molecule has 1 aromatic heterocycles. The first-order valence-electron chi connectivity index (χ1n) is 4.35. The van der Waals surface area contributed by atoms with Gasteiger partial charge in [-0.1, -0.05) is 0 Å². The van der Waals surface area contributed by atoms with Crippen molar-refractivity contribution in [2.75, 3.05) is 5.73 Å². The van der Waals surface area contributed by atoms with E-state index in [9.17, 15) is 13.2 Å². The van der Waals surface area contributed by atoms with Gasteiger partial charge in [-0.25, -0.2) is 0 Å². The first-order chi connectivity index (χ1) is 6.46. The van der Waals surface area contributed by atoms with Crippen molar-refractivity contribution in [1.29, 1.82) is 0 Å². The molecule has 1 fully saturated rings. The molecule has 1 saturated carbocycles. The Hall–Kier alpha value is -1.20. The number of aromatic nitrogens is 2. The summed E-state index contributed by atoms with van der Waals surface area (Å²) in [5.74, 6) is 0.282. The first-order valence-corrected chi connectivity index (χ1v) is 4.35. The van der Waals surface area contributed by atoms with Crippen molar-refractivity contribution in [2.24, 2.45) is 0 Å². The molecule has 0 spiro atoms. The van der Waals surface area contributed by atoms with Gasteiger partial charge in [-0.2, -0.15) is 18.3 Å². The Morgan fingerprint density at radius 1 is 1.50 bits per heavy atom. The van der Waals surface area contributed by atoms with Gasteiger partial charge in [0.25, 0.3) is 0 Å². The third-order valence-corrected chi connectivity index (χ3v) is 2.13. The Morgan fingerprint density at radius 2 is 2.14 bits per heavy atom. The molecule has 0 aromatic carbocycles. The molecule has 78 valence electrons. The summed E-state index contributed by atoms with van der Waals surface area (Å²) in [4.78, 5) is 0. The fourth-order valence-electron chi connectivity index (χ4n) is 1.39.